The van der Waals surface area contributed by atoms with Gasteiger partial charge < -0.3 is 10.1 Å². The molecule has 0 saturated heterocycles. The van der Waals surface area contributed by atoms with E-state index in [1.807, 2.05) is 0 Å². The van der Waals surface area contributed by atoms with E-state index < -0.39 is 27.8 Å². The largest absolute Gasteiger partial charge is 0.495 e. The number of carbonyl (C=O) groups is 1. The van der Waals surface area contributed by atoms with E-state index in [4.69, 9.17) is 27.9 Å². The van der Waals surface area contributed by atoms with Crippen molar-refractivity contribution >= 4 is 50.5 Å². The number of rotatable bonds is 7. The van der Waals surface area contributed by atoms with Crippen molar-refractivity contribution in [2.75, 3.05) is 23.0 Å². The van der Waals surface area contributed by atoms with E-state index in [0.29, 0.717) is 0 Å². The summed E-state index contributed by atoms with van der Waals surface area (Å²) in [6, 6.07) is 7.04. The van der Waals surface area contributed by atoms with E-state index in [1.165, 1.54) is 31.4 Å². The van der Waals surface area contributed by atoms with Crippen molar-refractivity contribution in [2.45, 2.75) is 19.4 Å². The maximum Gasteiger partial charge on any atom is 0.248 e. The SMILES string of the molecule is CCC(C(=O)Nc1ccc(F)c(Cl)c1)N(c1cc(Cl)ccc1OC)S(C)(=O)=O. The second kappa shape index (κ2) is 8.98. The normalized spacial score (nSPS) is 12.4. The first kappa shape index (κ1) is 22.3. The van der Waals surface area contributed by atoms with E-state index in [2.05, 4.69) is 5.32 Å². The molecule has 1 amide bonds. The Kier molecular flexibility index (Phi) is 7.14. The molecule has 0 fully saturated rings. The molecule has 2 rings (SSSR count). The molecule has 28 heavy (non-hydrogen) atoms. The quantitative estimate of drug-likeness (QED) is 0.683. The fourth-order valence-corrected chi connectivity index (χ4v) is 4.22. The van der Waals surface area contributed by atoms with Crippen molar-refractivity contribution in [1.29, 1.82) is 0 Å². The minimum absolute atomic E-state index is 0.136. The Bertz CT molecular complexity index is 986. The molecule has 6 nitrogen and oxygen atoms in total. The van der Waals surface area contributed by atoms with Crippen LogP contribution < -0.4 is 14.4 Å². The van der Waals surface area contributed by atoms with Crippen molar-refractivity contribution in [3.63, 3.8) is 0 Å². The third-order valence-corrected chi connectivity index (χ3v) is 5.59. The maximum absolute atomic E-state index is 13.3. The summed E-state index contributed by atoms with van der Waals surface area (Å²) in [5.74, 6) is -1.00. The summed E-state index contributed by atoms with van der Waals surface area (Å²) in [7, 11) is -2.50. The Balaban J connectivity index is 2.47. The van der Waals surface area contributed by atoms with Crippen molar-refractivity contribution < 1.29 is 22.3 Å². The zero-order chi connectivity index (χ0) is 21.1. The highest BCUT2D eigenvalue weighted by molar-refractivity contribution is 7.92. The molecule has 1 atom stereocenters. The highest BCUT2D eigenvalue weighted by atomic mass is 35.5. The van der Waals surface area contributed by atoms with Crippen LogP contribution in [0.25, 0.3) is 0 Å². The lowest BCUT2D eigenvalue weighted by Crippen LogP contribution is -2.47. The van der Waals surface area contributed by atoms with Crippen LogP contribution in [0, 0.1) is 5.82 Å². The number of amides is 1. The van der Waals surface area contributed by atoms with Crippen molar-refractivity contribution in [1.82, 2.24) is 0 Å². The molecular formula is C18H19Cl2FN2O4S. The van der Waals surface area contributed by atoms with Crippen molar-refractivity contribution in [2.24, 2.45) is 0 Å². The lowest BCUT2D eigenvalue weighted by Gasteiger charge is -2.31. The molecule has 1 unspecified atom stereocenters. The Morgan fingerprint density at radius 1 is 1.25 bits per heavy atom. The Morgan fingerprint density at radius 3 is 2.46 bits per heavy atom. The zero-order valence-corrected chi connectivity index (χ0v) is 17.7. The van der Waals surface area contributed by atoms with Crippen LogP contribution in [0.1, 0.15) is 13.3 Å². The van der Waals surface area contributed by atoms with Gasteiger partial charge in [0.15, 0.2) is 0 Å². The van der Waals surface area contributed by atoms with Crippen LogP contribution in [0.2, 0.25) is 10.0 Å². The highest BCUT2D eigenvalue weighted by Crippen LogP contribution is 2.35. The Hall–Kier alpha value is -2.03. The first-order chi connectivity index (χ1) is 13.1. The third kappa shape index (κ3) is 5.06. The molecule has 1 N–H and O–H groups in total. The summed E-state index contributed by atoms with van der Waals surface area (Å²) in [4.78, 5) is 12.9. The molecule has 0 aromatic heterocycles. The number of ether oxygens (including phenoxy) is 1. The number of nitrogens with one attached hydrogen (secondary N) is 1. The fraction of sp³-hybridized carbons (Fsp3) is 0.278. The molecule has 0 heterocycles. The second-order valence-electron chi connectivity index (χ2n) is 5.92. The first-order valence-corrected chi connectivity index (χ1v) is 10.8. The molecule has 0 spiro atoms. The number of carbonyl (C=O) groups excluding carboxylic acids is 1. The topological polar surface area (TPSA) is 75.7 Å². The molecule has 0 radical (unpaired) electrons. The molecule has 0 bridgehead atoms. The van der Waals surface area contributed by atoms with Gasteiger partial charge >= 0.3 is 0 Å². The van der Waals surface area contributed by atoms with E-state index in [0.717, 1.165) is 16.6 Å². The van der Waals surface area contributed by atoms with E-state index in [-0.39, 0.29) is 33.6 Å². The van der Waals surface area contributed by atoms with Crippen molar-refractivity contribution in [3.8, 4) is 5.75 Å². The number of hydrogen-bond donors (Lipinski definition) is 1. The number of anilines is 2. The summed E-state index contributed by atoms with van der Waals surface area (Å²) >= 11 is 11.8. The van der Waals surface area contributed by atoms with Gasteiger partial charge in [0.25, 0.3) is 0 Å². The number of sulfonamides is 1. The van der Waals surface area contributed by atoms with Crippen LogP contribution in [0.3, 0.4) is 0 Å². The molecule has 2 aromatic rings. The maximum atomic E-state index is 13.3. The molecule has 2 aromatic carbocycles. The predicted molar refractivity (Wildman–Crippen MR) is 109 cm³/mol. The van der Waals surface area contributed by atoms with Crippen LogP contribution in [0.5, 0.6) is 5.75 Å². The lowest BCUT2D eigenvalue weighted by atomic mass is 10.1. The third-order valence-electron chi connectivity index (χ3n) is 3.90. The van der Waals surface area contributed by atoms with Crippen LogP contribution in [-0.2, 0) is 14.8 Å². The van der Waals surface area contributed by atoms with E-state index >= 15 is 0 Å². The van der Waals surface area contributed by atoms with E-state index in [1.54, 1.807) is 13.0 Å². The highest BCUT2D eigenvalue weighted by Gasteiger charge is 2.33. The van der Waals surface area contributed by atoms with Crippen LogP contribution >= 0.6 is 23.2 Å². The molecule has 0 saturated carbocycles. The minimum atomic E-state index is -3.88. The number of nitrogens with zero attached hydrogens (tertiary/aromatic N) is 1. The second-order valence-corrected chi connectivity index (χ2v) is 8.62. The summed E-state index contributed by atoms with van der Waals surface area (Å²) in [5.41, 5.74) is 0.373. The Labute approximate surface area is 173 Å². The van der Waals surface area contributed by atoms with Gasteiger partial charge in [0.2, 0.25) is 15.9 Å². The van der Waals surface area contributed by atoms with Gasteiger partial charge in [-0.3, -0.25) is 9.10 Å². The molecular weight excluding hydrogens is 430 g/mol. The van der Waals surface area contributed by atoms with Gasteiger partial charge in [0.1, 0.15) is 17.6 Å². The smallest absolute Gasteiger partial charge is 0.248 e. The summed E-state index contributed by atoms with van der Waals surface area (Å²) in [6.07, 6.45) is 1.14. The zero-order valence-electron chi connectivity index (χ0n) is 15.4. The average Bonchev–Trinajstić information content (AvgIpc) is 2.61. The summed E-state index contributed by atoms with van der Waals surface area (Å²) in [6.45, 7) is 1.66. The van der Waals surface area contributed by atoms with Gasteiger partial charge in [-0.15, -0.1) is 0 Å². The molecule has 0 aliphatic rings. The molecule has 152 valence electrons. The van der Waals surface area contributed by atoms with Crippen LogP contribution in [-0.4, -0.2) is 33.7 Å². The molecule has 10 heteroatoms. The van der Waals surface area contributed by atoms with E-state index in [9.17, 15) is 17.6 Å². The number of halogens is 3. The van der Waals surface area contributed by atoms with Crippen LogP contribution in [0.4, 0.5) is 15.8 Å². The Morgan fingerprint density at radius 2 is 1.93 bits per heavy atom. The first-order valence-electron chi connectivity index (χ1n) is 8.17. The summed E-state index contributed by atoms with van der Waals surface area (Å²) in [5, 5.41) is 2.68. The van der Waals surface area contributed by atoms with Gasteiger partial charge in [-0.2, -0.15) is 0 Å². The number of benzene rings is 2. The fourth-order valence-electron chi connectivity index (χ4n) is 2.67. The van der Waals surface area contributed by atoms with Crippen LogP contribution in [0.15, 0.2) is 36.4 Å². The number of hydrogen-bond acceptors (Lipinski definition) is 4. The average molecular weight is 449 g/mol. The van der Waals surface area contributed by atoms with Crippen molar-refractivity contribution in [3.05, 3.63) is 52.3 Å². The van der Waals surface area contributed by atoms with Gasteiger partial charge in [-0.25, -0.2) is 12.8 Å². The van der Waals surface area contributed by atoms with Gasteiger partial charge in [-0.05, 0) is 42.8 Å². The minimum Gasteiger partial charge on any atom is -0.495 e. The molecule has 0 aliphatic carbocycles. The summed E-state index contributed by atoms with van der Waals surface area (Å²) < 4.78 is 44.6. The molecule has 0 aliphatic heterocycles. The predicted octanol–water partition coefficient (Wildman–Crippen LogP) is 4.32. The number of methoxy groups -OCH3 is 1. The standard InChI is InChI=1S/C18H19Cl2FN2O4S/c1-4-15(18(24)22-12-6-7-14(21)13(20)10-12)23(28(3,25)26)16-9-11(19)5-8-17(16)27-2/h5-10,15H,4H2,1-3H3,(H,22,24). The van der Waals surface area contributed by atoms with Gasteiger partial charge in [0, 0.05) is 10.7 Å². The van der Waals surface area contributed by atoms with Gasteiger partial charge in [-0.1, -0.05) is 30.1 Å². The van der Waals surface area contributed by atoms with Gasteiger partial charge in [0.05, 0.1) is 24.1 Å². The lowest BCUT2D eigenvalue weighted by molar-refractivity contribution is -0.117. The monoisotopic (exact) mass is 448 g/mol.